The average Bonchev–Trinajstić information content (AvgIpc) is 3.21. The van der Waals surface area contributed by atoms with Crippen molar-refractivity contribution >= 4 is 25.2 Å². The molecular formula is C42H38F2O10P3Rh+. The van der Waals surface area contributed by atoms with Gasteiger partial charge in [-0.05, 0) is 97.1 Å². The number of rotatable bonds is 12. The van der Waals surface area contributed by atoms with Crippen LogP contribution < -0.4 is 32.0 Å². The van der Waals surface area contributed by atoms with Crippen LogP contribution in [0.1, 0.15) is 0 Å². The van der Waals surface area contributed by atoms with Crippen LogP contribution in [0, 0.1) is 0 Å². The van der Waals surface area contributed by atoms with Gasteiger partial charge in [-0.3, -0.25) is 31.7 Å². The molecule has 0 bridgehead atoms. The van der Waals surface area contributed by atoms with Crippen LogP contribution in [0.2, 0.25) is 0 Å². The Morgan fingerprint density at radius 3 is 0.638 bits per heavy atom. The molecule has 7 aromatic carbocycles. The van der Waals surface area contributed by atoms with Crippen LogP contribution in [0.4, 0.5) is 8.39 Å². The molecule has 0 aliphatic carbocycles. The molecule has 0 aliphatic heterocycles. The molecule has 7 rings (SSSR count). The van der Waals surface area contributed by atoms with Gasteiger partial charge < -0.3 is 15.1 Å². The second-order valence-electron chi connectivity index (χ2n) is 10.9. The van der Waals surface area contributed by atoms with Gasteiger partial charge in [0.1, 0.15) is 11.5 Å². The number of phenols is 2. The summed E-state index contributed by atoms with van der Waals surface area (Å²) in [4.78, 5) is 8.33. The number of phenolic OH excluding ortho intramolecular Hbond substituents is 2. The number of hydrogen-bond donors (Lipinski definition) is 2. The largest absolute Gasteiger partial charge is 0.749 e. The summed E-state index contributed by atoms with van der Waals surface area (Å²) in [5.41, 5.74) is 0. The van der Waals surface area contributed by atoms with Crippen molar-refractivity contribution in [3.8, 4) is 46.0 Å². The first-order chi connectivity index (χ1) is 27.6. The third-order valence-corrected chi connectivity index (χ3v) is 8.93. The van der Waals surface area contributed by atoms with E-state index in [0.717, 1.165) is 34.5 Å². The molecule has 7 aromatic rings. The topological polar surface area (TPSA) is 136 Å². The third-order valence-electron chi connectivity index (χ3n) is 6.52. The second kappa shape index (κ2) is 26.4. The zero-order chi connectivity index (χ0) is 40.6. The molecule has 58 heavy (non-hydrogen) atoms. The van der Waals surface area contributed by atoms with Gasteiger partial charge in [-0.2, -0.15) is 8.39 Å². The Labute approximate surface area is 350 Å². The quantitative estimate of drug-likeness (QED) is 0.0692. The Bertz CT molecular complexity index is 1780. The number of aromatic hydroxyl groups is 2. The summed E-state index contributed by atoms with van der Waals surface area (Å²) in [7, 11) is -9.89. The molecule has 0 amide bonds. The fourth-order valence-electron chi connectivity index (χ4n) is 4.09. The molecule has 0 atom stereocenters. The normalized spacial score (nSPS) is 10.0. The van der Waals surface area contributed by atoms with Gasteiger partial charge in [0.2, 0.25) is 0 Å². The van der Waals surface area contributed by atoms with Crippen LogP contribution in [0.3, 0.4) is 0 Å². The van der Waals surface area contributed by atoms with Crippen molar-refractivity contribution in [2.75, 3.05) is 0 Å². The van der Waals surface area contributed by atoms with E-state index < -0.39 is 25.2 Å². The molecule has 0 saturated carbocycles. The van der Waals surface area contributed by atoms with Gasteiger partial charge in [0.05, 0.1) is 0 Å². The van der Waals surface area contributed by atoms with Crippen molar-refractivity contribution in [3.63, 3.8) is 0 Å². The van der Waals surface area contributed by atoms with Crippen LogP contribution >= 0.6 is 25.2 Å². The molecule has 2 N–H and O–H groups in total. The predicted molar refractivity (Wildman–Crippen MR) is 219 cm³/mol. The smallest absolute Gasteiger partial charge is 0.528 e. The van der Waals surface area contributed by atoms with Gasteiger partial charge >= 0.3 is 25.2 Å². The number of para-hydroxylation sites is 6. The van der Waals surface area contributed by atoms with Gasteiger partial charge in [-0.15, -0.1) is 0 Å². The minimum Gasteiger partial charge on any atom is -0.749 e. The van der Waals surface area contributed by atoms with Crippen molar-refractivity contribution < 1.29 is 74.7 Å². The molecular weight excluding hydrogens is 898 g/mol. The first-order valence-corrected chi connectivity index (χ1v) is 20.7. The summed E-state index contributed by atoms with van der Waals surface area (Å²) in [5, 5.41) is 17.3. The fraction of sp³-hybridized carbons (Fsp3) is 0. The Hall–Kier alpha value is -5.53. The molecule has 0 aliphatic rings. The first-order valence-electron chi connectivity index (χ1n) is 16.9. The van der Waals surface area contributed by atoms with E-state index in [1.54, 1.807) is 0 Å². The molecule has 0 aromatic heterocycles. The minimum absolute atomic E-state index is 0. The summed E-state index contributed by atoms with van der Waals surface area (Å²) in [6.45, 7) is 0. The summed E-state index contributed by atoms with van der Waals surface area (Å²) >= 11 is 0. The van der Waals surface area contributed by atoms with Crippen molar-refractivity contribution in [2.45, 2.75) is 0 Å². The van der Waals surface area contributed by atoms with E-state index >= 15 is 0 Å². The van der Waals surface area contributed by atoms with Gasteiger partial charge in [-0.1, -0.05) is 109 Å². The Balaban J connectivity index is 0.000000235. The van der Waals surface area contributed by atoms with Crippen molar-refractivity contribution in [3.05, 3.63) is 206 Å². The van der Waals surface area contributed by atoms with Crippen LogP contribution in [-0.2, 0) is 24.0 Å². The standard InChI is InChI=1S/2C18H16O3P.C6H6O2.F2HO2P.Rh/c2*1-4-10-16(11-5-1)19-22(20-17-12-6-2-7-13-17)21-18-14-8-3-9-15-18;7-5-1-2-6(8)4-3-5;1-5(2,3)4;/h2*1-15,22H;1-4,7-8H;(H,3,4);/q2*+1;;;/p-1. The van der Waals surface area contributed by atoms with E-state index in [2.05, 4.69) is 0 Å². The maximum atomic E-state index is 10.0. The number of benzene rings is 7. The molecule has 0 unspecified atom stereocenters. The molecule has 0 spiro atoms. The zero-order valence-corrected chi connectivity index (χ0v) is 34.9. The summed E-state index contributed by atoms with van der Waals surface area (Å²) in [6.07, 6.45) is 0. The van der Waals surface area contributed by atoms with Gasteiger partial charge in [0, 0.05) is 19.5 Å². The number of hydrogen-bond acceptors (Lipinski definition) is 10. The molecule has 16 heteroatoms. The first kappa shape index (κ1) is 46.9. The van der Waals surface area contributed by atoms with Crippen LogP contribution in [0.5, 0.6) is 46.0 Å². The molecule has 0 fully saturated rings. The molecule has 303 valence electrons. The summed E-state index contributed by atoms with van der Waals surface area (Å²) < 4.78 is 63.6. The summed E-state index contributed by atoms with van der Waals surface area (Å²) in [5.74, 6) is 4.69. The van der Waals surface area contributed by atoms with Crippen LogP contribution in [-0.4, -0.2) is 10.2 Å². The Kier molecular flexibility index (Phi) is 21.3. The zero-order valence-electron chi connectivity index (χ0n) is 30.3. The predicted octanol–water partition coefficient (Wildman–Crippen LogP) is 11.9. The Morgan fingerprint density at radius 1 is 0.362 bits per heavy atom. The molecule has 10 nitrogen and oxygen atoms in total. The van der Waals surface area contributed by atoms with E-state index in [1.807, 2.05) is 182 Å². The van der Waals surface area contributed by atoms with Gasteiger partial charge in [0.25, 0.3) is 0 Å². The third kappa shape index (κ3) is 21.1. The van der Waals surface area contributed by atoms with Gasteiger partial charge in [0.15, 0.2) is 34.5 Å². The van der Waals surface area contributed by atoms with Gasteiger partial charge in [-0.25, -0.2) is 0 Å². The Morgan fingerprint density at radius 2 is 0.500 bits per heavy atom. The van der Waals surface area contributed by atoms with Crippen LogP contribution in [0.15, 0.2) is 206 Å². The SMILES string of the molecule is O=P([O-])(F)F.Oc1ccc(O)cc1.[Rh].c1ccc(O[PH+](Oc2ccccc2)Oc2ccccc2)cc1.c1ccc(O[PH+](Oc2ccccc2)Oc2ccccc2)cc1. The number of halogens is 2. The van der Waals surface area contributed by atoms with E-state index in [0.29, 0.717) is 0 Å². The average molecular weight is 937 g/mol. The second-order valence-corrected chi connectivity index (χ2v) is 14.0. The van der Waals surface area contributed by atoms with Crippen LogP contribution in [0.25, 0.3) is 0 Å². The molecule has 0 saturated heterocycles. The maximum absolute atomic E-state index is 10.0. The fourth-order valence-corrected chi connectivity index (χ4v) is 6.31. The maximum Gasteiger partial charge on any atom is 0.528 e. The van der Waals surface area contributed by atoms with Crippen molar-refractivity contribution in [1.29, 1.82) is 0 Å². The summed E-state index contributed by atoms with van der Waals surface area (Å²) in [6, 6.07) is 62.9. The van der Waals surface area contributed by atoms with E-state index in [1.165, 1.54) is 24.3 Å². The van der Waals surface area contributed by atoms with E-state index in [-0.39, 0.29) is 31.0 Å². The monoisotopic (exact) mass is 936 g/mol. The van der Waals surface area contributed by atoms with E-state index in [4.69, 9.17) is 46.8 Å². The molecule has 1 radical (unpaired) electrons. The minimum atomic E-state index is -5.89. The molecule has 0 heterocycles. The van der Waals surface area contributed by atoms with Crippen molar-refractivity contribution in [2.24, 2.45) is 0 Å². The van der Waals surface area contributed by atoms with Crippen molar-refractivity contribution in [1.82, 2.24) is 0 Å². The van der Waals surface area contributed by atoms with E-state index in [9.17, 15) is 8.39 Å².